The first-order valence-corrected chi connectivity index (χ1v) is 12.6. The Hall–Kier alpha value is -1.58. The van der Waals surface area contributed by atoms with E-state index in [1.165, 1.54) is 6.92 Å². The number of carboxylic acids is 1. The standard InChI is InChI=1S/C17H27NO10P2/c1-12(14-6-4-3-5-7-14)15(16(19)20)13(2)17(21)28-9-8-18(10-29(22,23)24)11-30(25,26)27/h3-7,12-13,15H,8-11H2,1-2H3,(H,19,20)(H2,22,23,24)(H2,25,26,27). The molecular weight excluding hydrogens is 440 g/mol. The maximum absolute atomic E-state index is 12.4. The van der Waals surface area contributed by atoms with E-state index in [2.05, 4.69) is 0 Å². The molecule has 0 aliphatic heterocycles. The van der Waals surface area contributed by atoms with Crippen LogP contribution in [0.1, 0.15) is 25.3 Å². The molecule has 1 aromatic carbocycles. The van der Waals surface area contributed by atoms with E-state index in [1.807, 2.05) is 0 Å². The summed E-state index contributed by atoms with van der Waals surface area (Å²) in [4.78, 5) is 61.0. The van der Waals surface area contributed by atoms with Crippen LogP contribution in [0.25, 0.3) is 0 Å². The van der Waals surface area contributed by atoms with Gasteiger partial charge in [-0.05, 0) is 11.5 Å². The van der Waals surface area contributed by atoms with E-state index in [-0.39, 0.29) is 6.54 Å². The summed E-state index contributed by atoms with van der Waals surface area (Å²) in [5.74, 6) is -4.62. The van der Waals surface area contributed by atoms with E-state index in [0.717, 1.165) is 10.5 Å². The summed E-state index contributed by atoms with van der Waals surface area (Å²) in [6.07, 6.45) is -1.85. The Morgan fingerprint density at radius 1 is 1.00 bits per heavy atom. The molecule has 3 atom stereocenters. The lowest BCUT2D eigenvalue weighted by Crippen LogP contribution is -2.35. The molecule has 0 aromatic heterocycles. The highest BCUT2D eigenvalue weighted by atomic mass is 31.2. The summed E-state index contributed by atoms with van der Waals surface area (Å²) in [7, 11) is -9.20. The molecule has 1 rings (SSSR count). The van der Waals surface area contributed by atoms with Crippen LogP contribution in [0.5, 0.6) is 0 Å². The molecule has 13 heteroatoms. The van der Waals surface area contributed by atoms with Crippen molar-refractivity contribution in [1.29, 1.82) is 0 Å². The number of hydrogen-bond donors (Lipinski definition) is 5. The molecule has 0 fully saturated rings. The topological polar surface area (TPSA) is 182 Å². The molecule has 11 nitrogen and oxygen atoms in total. The fourth-order valence-corrected chi connectivity index (χ4v) is 4.77. The number of carbonyl (C=O) groups excluding carboxylic acids is 1. The van der Waals surface area contributed by atoms with Crippen LogP contribution in [0, 0.1) is 11.8 Å². The third-order valence-corrected chi connectivity index (χ3v) is 6.02. The van der Waals surface area contributed by atoms with E-state index in [1.54, 1.807) is 37.3 Å². The quantitative estimate of drug-likeness (QED) is 0.220. The SMILES string of the molecule is CC(C(=O)OCCN(CP(=O)(O)O)CP(=O)(O)O)C(C(=O)O)C(C)c1ccccc1. The maximum Gasteiger partial charge on any atom is 0.339 e. The highest BCUT2D eigenvalue weighted by Gasteiger charge is 2.36. The van der Waals surface area contributed by atoms with Crippen molar-refractivity contribution in [3.63, 3.8) is 0 Å². The second kappa shape index (κ2) is 11.2. The number of carbonyl (C=O) groups is 2. The van der Waals surface area contributed by atoms with Crippen LogP contribution in [0.2, 0.25) is 0 Å². The maximum atomic E-state index is 12.4. The molecule has 0 saturated carbocycles. The average molecular weight is 467 g/mol. The highest BCUT2D eigenvalue weighted by Crippen LogP contribution is 2.40. The summed E-state index contributed by atoms with van der Waals surface area (Å²) >= 11 is 0. The molecule has 0 saturated heterocycles. The van der Waals surface area contributed by atoms with E-state index in [9.17, 15) is 23.8 Å². The fourth-order valence-electron chi connectivity index (χ4n) is 3.09. The van der Waals surface area contributed by atoms with Gasteiger partial charge in [0, 0.05) is 6.54 Å². The van der Waals surface area contributed by atoms with Crippen molar-refractivity contribution in [3.05, 3.63) is 35.9 Å². The van der Waals surface area contributed by atoms with Gasteiger partial charge in [-0.3, -0.25) is 23.6 Å². The molecule has 3 unspecified atom stereocenters. The molecule has 0 aliphatic carbocycles. The fraction of sp³-hybridized carbons (Fsp3) is 0.529. The van der Waals surface area contributed by atoms with E-state index in [0.29, 0.717) is 0 Å². The molecule has 30 heavy (non-hydrogen) atoms. The van der Waals surface area contributed by atoms with Gasteiger partial charge in [-0.15, -0.1) is 0 Å². The third kappa shape index (κ3) is 9.49. The van der Waals surface area contributed by atoms with Crippen molar-refractivity contribution in [2.45, 2.75) is 19.8 Å². The minimum atomic E-state index is -4.60. The molecule has 0 radical (unpaired) electrons. The van der Waals surface area contributed by atoms with Crippen molar-refractivity contribution in [3.8, 4) is 0 Å². The van der Waals surface area contributed by atoms with Gasteiger partial charge >= 0.3 is 27.1 Å². The van der Waals surface area contributed by atoms with Crippen molar-refractivity contribution in [2.75, 3.05) is 25.7 Å². The third-order valence-electron chi connectivity index (χ3n) is 4.48. The second-order valence-electron chi connectivity index (χ2n) is 7.03. The Bertz CT molecular complexity index is 782. The predicted octanol–water partition coefficient (Wildman–Crippen LogP) is 1.24. The lowest BCUT2D eigenvalue weighted by atomic mass is 9.79. The summed E-state index contributed by atoms with van der Waals surface area (Å²) in [5.41, 5.74) is 0.735. The minimum Gasteiger partial charge on any atom is -0.481 e. The zero-order chi connectivity index (χ0) is 23.1. The second-order valence-corrected chi connectivity index (χ2v) is 10.3. The van der Waals surface area contributed by atoms with Gasteiger partial charge in [0.1, 0.15) is 19.2 Å². The van der Waals surface area contributed by atoms with Gasteiger partial charge in [0.25, 0.3) is 0 Å². The number of aliphatic carboxylic acids is 1. The smallest absolute Gasteiger partial charge is 0.339 e. The Morgan fingerprint density at radius 2 is 1.50 bits per heavy atom. The summed E-state index contributed by atoms with van der Waals surface area (Å²) < 4.78 is 27.3. The lowest BCUT2D eigenvalue weighted by molar-refractivity contribution is -0.158. The summed E-state index contributed by atoms with van der Waals surface area (Å²) in [5, 5.41) is 9.60. The number of benzene rings is 1. The molecule has 170 valence electrons. The summed E-state index contributed by atoms with van der Waals surface area (Å²) in [6.45, 7) is 2.32. The van der Waals surface area contributed by atoms with Gasteiger partial charge < -0.3 is 29.4 Å². The Balaban J connectivity index is 2.77. The first kappa shape index (κ1) is 26.5. The Kier molecular flexibility index (Phi) is 9.84. The first-order chi connectivity index (χ1) is 13.7. The number of nitrogens with zero attached hydrogens (tertiary/aromatic N) is 1. The normalized spacial score (nSPS) is 15.4. The van der Waals surface area contributed by atoms with E-state index < -0.39 is 64.1 Å². The van der Waals surface area contributed by atoms with Gasteiger partial charge in [0.05, 0.1) is 11.8 Å². The van der Waals surface area contributed by atoms with Crippen LogP contribution < -0.4 is 0 Å². The van der Waals surface area contributed by atoms with Crippen LogP contribution in [0.15, 0.2) is 30.3 Å². The monoisotopic (exact) mass is 467 g/mol. The van der Waals surface area contributed by atoms with Gasteiger partial charge in [-0.25, -0.2) is 0 Å². The molecule has 0 aliphatic rings. The van der Waals surface area contributed by atoms with Gasteiger partial charge in [-0.1, -0.05) is 44.2 Å². The number of hydrogen-bond acceptors (Lipinski definition) is 6. The Labute approximate surface area is 174 Å². The molecular formula is C17H27NO10P2. The van der Waals surface area contributed by atoms with Crippen LogP contribution >= 0.6 is 15.2 Å². The van der Waals surface area contributed by atoms with Crippen molar-refractivity contribution >= 4 is 27.1 Å². The van der Waals surface area contributed by atoms with Crippen LogP contribution in [0.4, 0.5) is 0 Å². The van der Waals surface area contributed by atoms with Crippen LogP contribution in [0.3, 0.4) is 0 Å². The zero-order valence-corrected chi connectivity index (χ0v) is 18.4. The molecule has 0 bridgehead atoms. The van der Waals surface area contributed by atoms with Crippen molar-refractivity contribution < 1.29 is 48.1 Å². The van der Waals surface area contributed by atoms with Gasteiger partial charge in [0.15, 0.2) is 0 Å². The van der Waals surface area contributed by atoms with Crippen LogP contribution in [-0.4, -0.2) is 67.2 Å². The molecule has 5 N–H and O–H groups in total. The molecule has 1 aromatic rings. The number of esters is 1. The zero-order valence-electron chi connectivity index (χ0n) is 16.6. The van der Waals surface area contributed by atoms with E-state index in [4.69, 9.17) is 24.3 Å². The van der Waals surface area contributed by atoms with Crippen molar-refractivity contribution in [1.82, 2.24) is 4.90 Å². The number of rotatable bonds is 12. The number of ether oxygens (including phenoxy) is 1. The number of carboxylic acid groups (broad SMARTS) is 1. The highest BCUT2D eigenvalue weighted by molar-refractivity contribution is 7.52. The van der Waals surface area contributed by atoms with Gasteiger partial charge in [0.2, 0.25) is 0 Å². The first-order valence-electron chi connectivity index (χ1n) is 8.97. The van der Waals surface area contributed by atoms with Crippen molar-refractivity contribution in [2.24, 2.45) is 11.8 Å². The molecule has 0 heterocycles. The van der Waals surface area contributed by atoms with E-state index >= 15 is 0 Å². The lowest BCUT2D eigenvalue weighted by Gasteiger charge is -2.26. The summed E-state index contributed by atoms with van der Waals surface area (Å²) in [6, 6.07) is 8.79. The minimum absolute atomic E-state index is 0.347. The Morgan fingerprint density at radius 3 is 1.93 bits per heavy atom. The predicted molar refractivity (Wildman–Crippen MR) is 107 cm³/mol. The molecule has 0 spiro atoms. The molecule has 0 amide bonds. The largest absolute Gasteiger partial charge is 0.481 e. The van der Waals surface area contributed by atoms with Gasteiger partial charge in [-0.2, -0.15) is 0 Å². The van der Waals surface area contributed by atoms with Crippen LogP contribution in [-0.2, 0) is 23.5 Å². The average Bonchev–Trinajstić information content (AvgIpc) is 2.59.